The van der Waals surface area contributed by atoms with E-state index < -0.39 is 5.54 Å². The molecule has 0 saturated carbocycles. The monoisotopic (exact) mass is 390 g/mol. The molecule has 148 valence electrons. The molecule has 0 radical (unpaired) electrons. The molecule has 29 heavy (non-hydrogen) atoms. The minimum atomic E-state index is -0.498. The number of hydrogen-bond donors (Lipinski definition) is 0. The maximum absolute atomic E-state index is 13.0. The summed E-state index contributed by atoms with van der Waals surface area (Å²) in [4.78, 5) is 22.1. The van der Waals surface area contributed by atoms with Crippen molar-refractivity contribution in [1.29, 1.82) is 0 Å². The molecule has 7 nitrogen and oxygen atoms in total. The van der Waals surface area contributed by atoms with E-state index in [-0.39, 0.29) is 5.69 Å². The SMILES string of the molecule is COCc1ccc(-c2ccc3ncc4c5c3c2OCC(C)(C)n5c(=O)n4C)cn1. The van der Waals surface area contributed by atoms with Crippen LogP contribution in [0.4, 0.5) is 0 Å². The Labute approximate surface area is 167 Å². The Balaban J connectivity index is 1.86. The van der Waals surface area contributed by atoms with E-state index >= 15 is 0 Å². The number of rotatable bonds is 3. The predicted octanol–water partition coefficient (Wildman–Crippen LogP) is 3.22. The molecular weight excluding hydrogens is 368 g/mol. The average molecular weight is 390 g/mol. The minimum Gasteiger partial charge on any atom is -0.490 e. The van der Waals surface area contributed by atoms with Gasteiger partial charge < -0.3 is 9.47 Å². The van der Waals surface area contributed by atoms with E-state index in [1.807, 2.05) is 48.9 Å². The molecule has 1 aliphatic heterocycles. The number of benzene rings is 1. The van der Waals surface area contributed by atoms with Crippen LogP contribution in [0, 0.1) is 0 Å². The molecule has 1 aliphatic rings. The highest BCUT2D eigenvalue weighted by molar-refractivity contribution is 6.09. The Morgan fingerprint density at radius 2 is 2.00 bits per heavy atom. The number of aromatic nitrogens is 4. The van der Waals surface area contributed by atoms with E-state index in [4.69, 9.17) is 9.47 Å². The molecule has 0 bridgehead atoms. The molecule has 0 unspecified atom stereocenters. The molecule has 0 saturated heterocycles. The standard InChI is InChI=1S/C22H22N4O3/c1-22(2)12-29-20-15(13-5-6-14(11-28-4)23-9-13)7-8-16-18(20)19-17(10-24-16)25(3)21(27)26(19)22/h5-10H,11-12H2,1-4H3. The highest BCUT2D eigenvalue weighted by Gasteiger charge is 2.33. The van der Waals surface area contributed by atoms with Gasteiger partial charge in [-0.2, -0.15) is 0 Å². The number of ether oxygens (including phenoxy) is 2. The first kappa shape index (κ1) is 17.9. The van der Waals surface area contributed by atoms with Gasteiger partial charge in [-0.15, -0.1) is 0 Å². The number of aryl methyl sites for hydroxylation is 1. The lowest BCUT2D eigenvalue weighted by Gasteiger charge is -2.24. The Morgan fingerprint density at radius 1 is 1.17 bits per heavy atom. The fraction of sp³-hybridized carbons (Fsp3) is 0.318. The van der Waals surface area contributed by atoms with Gasteiger partial charge in [0.15, 0.2) is 0 Å². The van der Waals surface area contributed by atoms with Crippen LogP contribution < -0.4 is 10.4 Å². The molecule has 4 aromatic rings. The fourth-order valence-corrected chi connectivity index (χ4v) is 4.12. The van der Waals surface area contributed by atoms with Crippen molar-refractivity contribution in [1.82, 2.24) is 19.1 Å². The molecule has 0 atom stereocenters. The second-order valence-electron chi connectivity index (χ2n) is 8.08. The van der Waals surface area contributed by atoms with Gasteiger partial charge in [0.25, 0.3) is 0 Å². The van der Waals surface area contributed by atoms with E-state index in [2.05, 4.69) is 9.97 Å². The summed E-state index contributed by atoms with van der Waals surface area (Å²) < 4.78 is 15.0. The summed E-state index contributed by atoms with van der Waals surface area (Å²) in [5, 5.41) is 0.865. The quantitative estimate of drug-likeness (QED) is 0.537. The smallest absolute Gasteiger partial charge is 0.329 e. The van der Waals surface area contributed by atoms with Gasteiger partial charge >= 0.3 is 5.69 Å². The zero-order valence-electron chi connectivity index (χ0n) is 16.9. The Morgan fingerprint density at radius 3 is 2.72 bits per heavy atom. The molecule has 0 aliphatic carbocycles. The first-order valence-corrected chi connectivity index (χ1v) is 9.53. The van der Waals surface area contributed by atoms with E-state index in [0.717, 1.165) is 44.5 Å². The zero-order chi connectivity index (χ0) is 20.3. The van der Waals surface area contributed by atoms with Crippen LogP contribution >= 0.6 is 0 Å². The van der Waals surface area contributed by atoms with Crippen LogP contribution in [0.3, 0.4) is 0 Å². The topological polar surface area (TPSA) is 71.2 Å². The van der Waals surface area contributed by atoms with Crippen molar-refractivity contribution in [2.45, 2.75) is 26.0 Å². The molecule has 4 heterocycles. The lowest BCUT2D eigenvalue weighted by atomic mass is 10.0. The first-order valence-electron chi connectivity index (χ1n) is 9.53. The van der Waals surface area contributed by atoms with Gasteiger partial charge in [-0.3, -0.25) is 19.1 Å². The third-order valence-corrected chi connectivity index (χ3v) is 5.61. The first-order chi connectivity index (χ1) is 13.9. The molecule has 3 aromatic heterocycles. The van der Waals surface area contributed by atoms with E-state index in [1.165, 1.54) is 0 Å². The summed E-state index contributed by atoms with van der Waals surface area (Å²) in [5.74, 6) is 0.742. The summed E-state index contributed by atoms with van der Waals surface area (Å²) in [6.45, 7) is 4.89. The molecule has 0 spiro atoms. The van der Waals surface area contributed by atoms with Gasteiger partial charge in [-0.1, -0.05) is 6.07 Å². The third kappa shape index (κ3) is 2.50. The van der Waals surface area contributed by atoms with Crippen LogP contribution in [0.2, 0.25) is 0 Å². The van der Waals surface area contributed by atoms with Gasteiger partial charge in [0.1, 0.15) is 12.4 Å². The molecule has 5 rings (SSSR count). The Kier molecular flexibility index (Phi) is 3.79. The van der Waals surface area contributed by atoms with Crippen LogP contribution in [-0.4, -0.2) is 32.8 Å². The van der Waals surface area contributed by atoms with Crippen molar-refractivity contribution in [3.05, 3.63) is 52.8 Å². The van der Waals surface area contributed by atoms with Crippen LogP contribution in [0.15, 0.2) is 41.5 Å². The normalized spacial score (nSPS) is 15.0. The summed E-state index contributed by atoms with van der Waals surface area (Å²) in [6.07, 6.45) is 3.60. The highest BCUT2D eigenvalue weighted by Crippen LogP contribution is 2.42. The number of hydrogen-bond acceptors (Lipinski definition) is 5. The van der Waals surface area contributed by atoms with Gasteiger partial charge in [-0.25, -0.2) is 4.79 Å². The van der Waals surface area contributed by atoms with Crippen LogP contribution in [-0.2, 0) is 23.9 Å². The van der Waals surface area contributed by atoms with E-state index in [1.54, 1.807) is 24.9 Å². The highest BCUT2D eigenvalue weighted by atomic mass is 16.5. The lowest BCUT2D eigenvalue weighted by molar-refractivity contribution is 0.181. The Hall–Kier alpha value is -3.19. The maximum atomic E-state index is 13.0. The predicted molar refractivity (Wildman–Crippen MR) is 111 cm³/mol. The Bertz CT molecular complexity index is 1320. The van der Waals surface area contributed by atoms with Crippen molar-refractivity contribution in [2.24, 2.45) is 7.05 Å². The molecule has 1 aromatic carbocycles. The minimum absolute atomic E-state index is 0.0632. The molecule has 0 fully saturated rings. The number of pyridine rings is 2. The van der Waals surface area contributed by atoms with Crippen molar-refractivity contribution in [2.75, 3.05) is 13.7 Å². The van der Waals surface area contributed by atoms with Crippen LogP contribution in [0.5, 0.6) is 5.75 Å². The summed E-state index contributed by atoms with van der Waals surface area (Å²) in [5.41, 5.74) is 4.66. The lowest BCUT2D eigenvalue weighted by Crippen LogP contribution is -2.40. The number of methoxy groups -OCH3 is 1. The summed E-state index contributed by atoms with van der Waals surface area (Å²) >= 11 is 0. The van der Waals surface area contributed by atoms with Crippen molar-refractivity contribution >= 4 is 21.9 Å². The van der Waals surface area contributed by atoms with E-state index in [0.29, 0.717) is 13.2 Å². The molecular formula is C22H22N4O3. The largest absolute Gasteiger partial charge is 0.490 e. The summed E-state index contributed by atoms with van der Waals surface area (Å²) in [6, 6.07) is 7.95. The molecule has 0 N–H and O–H groups in total. The third-order valence-electron chi connectivity index (χ3n) is 5.61. The van der Waals surface area contributed by atoms with Gasteiger partial charge in [0, 0.05) is 31.5 Å². The zero-order valence-corrected chi connectivity index (χ0v) is 16.9. The van der Waals surface area contributed by atoms with Gasteiger partial charge in [-0.05, 0) is 32.0 Å². The average Bonchev–Trinajstić information content (AvgIpc) is 2.90. The summed E-state index contributed by atoms with van der Waals surface area (Å²) in [7, 11) is 3.44. The number of nitrogens with zero attached hydrogens (tertiary/aromatic N) is 4. The van der Waals surface area contributed by atoms with Crippen molar-refractivity contribution in [3.63, 3.8) is 0 Å². The van der Waals surface area contributed by atoms with Crippen molar-refractivity contribution < 1.29 is 9.47 Å². The van der Waals surface area contributed by atoms with Crippen LogP contribution in [0.1, 0.15) is 19.5 Å². The molecule has 0 amide bonds. The molecule has 7 heteroatoms. The second kappa shape index (κ2) is 6.15. The fourth-order valence-electron chi connectivity index (χ4n) is 4.12. The number of imidazole rings is 1. The van der Waals surface area contributed by atoms with Crippen molar-refractivity contribution in [3.8, 4) is 16.9 Å². The van der Waals surface area contributed by atoms with E-state index in [9.17, 15) is 4.79 Å². The van der Waals surface area contributed by atoms with Crippen LogP contribution in [0.25, 0.3) is 33.1 Å². The van der Waals surface area contributed by atoms with Gasteiger partial charge in [0.2, 0.25) is 0 Å². The van der Waals surface area contributed by atoms with Gasteiger partial charge in [0.05, 0.1) is 46.0 Å². The maximum Gasteiger partial charge on any atom is 0.329 e. The second-order valence-corrected chi connectivity index (χ2v) is 8.08.